The number of ether oxygens (including phenoxy) is 1. The molecule has 0 aliphatic carbocycles. The lowest BCUT2D eigenvalue weighted by atomic mass is 9.94. The van der Waals surface area contributed by atoms with Crippen LogP contribution in [0.1, 0.15) is 25.5 Å². The van der Waals surface area contributed by atoms with Crippen molar-refractivity contribution in [3.63, 3.8) is 0 Å². The first-order chi connectivity index (χ1) is 14.0. The molecule has 0 spiro atoms. The molecule has 0 bridgehead atoms. The van der Waals surface area contributed by atoms with E-state index in [1.807, 2.05) is 25.1 Å². The number of hydrogen-bond acceptors (Lipinski definition) is 6. The van der Waals surface area contributed by atoms with Crippen LogP contribution in [0.25, 0.3) is 5.57 Å². The Hall–Kier alpha value is -2.58. The van der Waals surface area contributed by atoms with E-state index in [0.29, 0.717) is 5.69 Å². The molecule has 1 unspecified atom stereocenters. The molecule has 1 aliphatic rings. The molecule has 0 radical (unpaired) electrons. The van der Waals surface area contributed by atoms with Gasteiger partial charge in [0.15, 0.2) is 0 Å². The number of rotatable bonds is 11. The zero-order valence-electron chi connectivity index (χ0n) is 16.9. The number of aliphatic imine (C=N–C) groups is 2. The fourth-order valence-electron chi connectivity index (χ4n) is 2.89. The monoisotopic (exact) mass is 416 g/mol. The molecule has 1 aliphatic heterocycles. The van der Waals surface area contributed by atoms with Gasteiger partial charge in [-0.15, -0.1) is 0 Å². The summed E-state index contributed by atoms with van der Waals surface area (Å²) in [4.78, 5) is 12.8. The molecular formula is C21H28N4O3S. The third kappa shape index (κ3) is 7.75. The summed E-state index contributed by atoms with van der Waals surface area (Å²) in [5.74, 6) is 0.436. The molecule has 0 amide bonds. The van der Waals surface area contributed by atoms with Crippen LogP contribution in [-0.4, -0.2) is 52.3 Å². The molecular weight excluding hydrogens is 388 g/mol. The fourth-order valence-corrected chi connectivity index (χ4v) is 3.81. The Morgan fingerprint density at radius 1 is 1.45 bits per heavy atom. The van der Waals surface area contributed by atoms with Gasteiger partial charge in [-0.2, -0.15) is 0 Å². The second-order valence-electron chi connectivity index (χ2n) is 6.62. The second kappa shape index (κ2) is 11.4. The second-order valence-corrected chi connectivity index (χ2v) is 8.47. The van der Waals surface area contributed by atoms with E-state index in [9.17, 15) is 8.42 Å². The summed E-state index contributed by atoms with van der Waals surface area (Å²) in [6, 6.07) is 5.25. The summed E-state index contributed by atoms with van der Waals surface area (Å²) < 4.78 is 31.4. The van der Waals surface area contributed by atoms with Crippen molar-refractivity contribution in [3.05, 3.63) is 53.9 Å². The minimum atomic E-state index is -3.50. The summed E-state index contributed by atoms with van der Waals surface area (Å²) in [5.41, 5.74) is 2.69. The lowest BCUT2D eigenvalue weighted by Crippen LogP contribution is -2.20. The van der Waals surface area contributed by atoms with Gasteiger partial charge in [-0.1, -0.05) is 24.3 Å². The highest BCUT2D eigenvalue weighted by molar-refractivity contribution is 7.92. The highest BCUT2D eigenvalue weighted by Gasteiger charge is 2.15. The van der Waals surface area contributed by atoms with Gasteiger partial charge in [-0.3, -0.25) is 14.7 Å². The van der Waals surface area contributed by atoms with Crippen molar-refractivity contribution in [1.82, 2.24) is 4.98 Å². The number of nitrogens with zero attached hydrogens (tertiary/aromatic N) is 3. The van der Waals surface area contributed by atoms with Crippen LogP contribution in [-0.2, 0) is 14.8 Å². The van der Waals surface area contributed by atoms with Crippen LogP contribution in [0.2, 0.25) is 0 Å². The fraction of sp³-hybridized carbons (Fsp3) is 0.381. The van der Waals surface area contributed by atoms with Crippen LogP contribution in [0.3, 0.4) is 0 Å². The topological polar surface area (TPSA) is 93.0 Å². The minimum absolute atomic E-state index is 0.122. The Morgan fingerprint density at radius 3 is 3.00 bits per heavy atom. The number of pyridine rings is 1. The predicted molar refractivity (Wildman–Crippen MR) is 120 cm³/mol. The summed E-state index contributed by atoms with van der Waals surface area (Å²) in [5, 5.41) is 0. The molecule has 0 saturated heterocycles. The molecule has 0 saturated carbocycles. The Labute approximate surface area is 173 Å². The van der Waals surface area contributed by atoms with Crippen molar-refractivity contribution in [2.24, 2.45) is 15.9 Å². The SMILES string of the molecule is C=NC=C(C=CC)CCC1C=C(c2cccc(NS(=O)(=O)CCOC)n2)C=NC1. The highest BCUT2D eigenvalue weighted by atomic mass is 32.2. The van der Waals surface area contributed by atoms with Crippen molar-refractivity contribution < 1.29 is 13.2 Å². The smallest absolute Gasteiger partial charge is 0.236 e. The van der Waals surface area contributed by atoms with Gasteiger partial charge in [-0.25, -0.2) is 13.4 Å². The summed E-state index contributed by atoms with van der Waals surface area (Å²) >= 11 is 0. The van der Waals surface area contributed by atoms with Crippen LogP contribution in [0.5, 0.6) is 0 Å². The van der Waals surface area contributed by atoms with Gasteiger partial charge in [0.1, 0.15) is 5.82 Å². The molecule has 1 aromatic heterocycles. The maximum Gasteiger partial charge on any atom is 0.236 e. The van der Waals surface area contributed by atoms with Gasteiger partial charge < -0.3 is 4.74 Å². The molecule has 29 heavy (non-hydrogen) atoms. The van der Waals surface area contributed by atoms with E-state index in [1.54, 1.807) is 24.5 Å². The van der Waals surface area contributed by atoms with Gasteiger partial charge in [0.25, 0.3) is 0 Å². The Bertz CT molecular complexity index is 918. The normalized spacial score (nSPS) is 17.4. The van der Waals surface area contributed by atoms with E-state index in [2.05, 4.69) is 32.5 Å². The zero-order chi connectivity index (χ0) is 21.1. The average Bonchev–Trinajstić information content (AvgIpc) is 2.71. The molecule has 2 heterocycles. The quantitative estimate of drug-likeness (QED) is 0.441. The summed E-state index contributed by atoms with van der Waals surface area (Å²) in [6.07, 6.45) is 11.5. The van der Waals surface area contributed by atoms with Gasteiger partial charge in [0.05, 0.1) is 18.1 Å². The number of anilines is 1. The van der Waals surface area contributed by atoms with E-state index < -0.39 is 10.0 Å². The Morgan fingerprint density at radius 2 is 2.28 bits per heavy atom. The van der Waals surface area contributed by atoms with Crippen LogP contribution < -0.4 is 4.72 Å². The highest BCUT2D eigenvalue weighted by Crippen LogP contribution is 2.23. The average molecular weight is 417 g/mol. The molecule has 7 nitrogen and oxygen atoms in total. The van der Waals surface area contributed by atoms with Crippen LogP contribution in [0, 0.1) is 5.92 Å². The van der Waals surface area contributed by atoms with E-state index in [1.165, 1.54) is 7.11 Å². The third-order valence-corrected chi connectivity index (χ3v) is 5.51. The minimum Gasteiger partial charge on any atom is -0.384 e. The molecule has 2 rings (SSSR count). The number of sulfonamides is 1. The van der Waals surface area contributed by atoms with E-state index in [4.69, 9.17) is 4.74 Å². The Kier molecular flexibility index (Phi) is 8.95. The number of hydrogen-bond donors (Lipinski definition) is 1. The number of methoxy groups -OCH3 is 1. The molecule has 1 aromatic rings. The first-order valence-electron chi connectivity index (χ1n) is 9.43. The summed E-state index contributed by atoms with van der Waals surface area (Å²) in [7, 11) is -2.04. The van der Waals surface area contributed by atoms with E-state index in [0.717, 1.165) is 30.5 Å². The molecule has 156 valence electrons. The zero-order valence-corrected chi connectivity index (χ0v) is 17.7. The van der Waals surface area contributed by atoms with Gasteiger partial charge in [-0.05, 0) is 50.1 Å². The van der Waals surface area contributed by atoms with E-state index >= 15 is 0 Å². The van der Waals surface area contributed by atoms with Gasteiger partial charge in [0, 0.05) is 31.6 Å². The first kappa shape index (κ1) is 22.7. The Balaban J connectivity index is 2.10. The van der Waals surface area contributed by atoms with Gasteiger partial charge >= 0.3 is 0 Å². The molecule has 1 N–H and O–H groups in total. The van der Waals surface area contributed by atoms with E-state index in [-0.39, 0.29) is 24.1 Å². The lowest BCUT2D eigenvalue weighted by molar-refractivity contribution is 0.217. The number of aromatic nitrogens is 1. The molecule has 8 heteroatoms. The lowest BCUT2D eigenvalue weighted by Gasteiger charge is -2.17. The third-order valence-electron chi connectivity index (χ3n) is 4.29. The summed E-state index contributed by atoms with van der Waals surface area (Å²) in [6.45, 7) is 6.34. The molecule has 0 fully saturated rings. The maximum absolute atomic E-state index is 12.1. The van der Waals surface area contributed by atoms with Crippen LogP contribution in [0.15, 0.2) is 58.2 Å². The largest absolute Gasteiger partial charge is 0.384 e. The van der Waals surface area contributed by atoms with Crippen molar-refractivity contribution in [2.45, 2.75) is 19.8 Å². The van der Waals surface area contributed by atoms with Gasteiger partial charge in [0.2, 0.25) is 10.0 Å². The van der Waals surface area contributed by atoms with Crippen molar-refractivity contribution >= 4 is 34.3 Å². The number of allylic oxidation sites excluding steroid dienone is 4. The van der Waals surface area contributed by atoms with Crippen molar-refractivity contribution in [1.29, 1.82) is 0 Å². The van der Waals surface area contributed by atoms with Crippen molar-refractivity contribution in [2.75, 3.05) is 30.7 Å². The standard InChI is InChI=1S/C21H28N4O3S/c1-4-6-17(14-22-2)9-10-18-13-19(16-23-15-18)20-7-5-8-21(24-20)25-29(26,27)12-11-28-3/h4-8,13-14,16,18H,2,9-12,15H2,1,3H3,(H,24,25). The van der Waals surface area contributed by atoms with Crippen LogP contribution in [0.4, 0.5) is 5.82 Å². The molecule has 0 aromatic carbocycles. The van der Waals surface area contributed by atoms with Crippen LogP contribution >= 0.6 is 0 Å². The van der Waals surface area contributed by atoms with Crippen molar-refractivity contribution in [3.8, 4) is 0 Å². The predicted octanol–water partition coefficient (Wildman–Crippen LogP) is 3.49. The maximum atomic E-state index is 12.1. The molecule has 1 atom stereocenters. The number of nitrogens with one attached hydrogen (secondary N) is 1. The number of dihydropyridines is 1. The first-order valence-corrected chi connectivity index (χ1v) is 11.1.